The van der Waals surface area contributed by atoms with Gasteiger partial charge in [0, 0.05) is 21.8 Å². The van der Waals surface area contributed by atoms with Gasteiger partial charge in [-0.15, -0.1) is 0 Å². The zero-order valence-corrected chi connectivity index (χ0v) is 12.5. The summed E-state index contributed by atoms with van der Waals surface area (Å²) in [5, 5.41) is 22.9. The number of hydrogen-bond donors (Lipinski definition) is 3. The second-order valence-electron chi connectivity index (χ2n) is 4.24. The van der Waals surface area contributed by atoms with Crippen LogP contribution in [0.15, 0.2) is 40.9 Å². The molecule has 0 heterocycles. The Hall–Kier alpha value is -1.39. The average molecular weight is 343 g/mol. The van der Waals surface area contributed by atoms with Gasteiger partial charge in [-0.3, -0.25) is 0 Å². The highest BCUT2D eigenvalue weighted by atomic mass is 79.9. The highest BCUT2D eigenvalue weighted by Crippen LogP contribution is 2.31. The van der Waals surface area contributed by atoms with E-state index in [9.17, 15) is 10.2 Å². The Morgan fingerprint density at radius 2 is 1.89 bits per heavy atom. The molecule has 100 valence electrons. The standard InChI is InChI=1S/C14H13BrClNO2/c1-8(11-4-3-10(18)7-14(11)19)17-9-2-5-12(15)13(16)6-9/h2-8,17-19H,1H3. The number of anilines is 1. The third-order valence-corrected chi connectivity index (χ3v) is 4.02. The molecule has 19 heavy (non-hydrogen) atoms. The summed E-state index contributed by atoms with van der Waals surface area (Å²) in [5.74, 6) is 0.100. The maximum atomic E-state index is 9.80. The van der Waals surface area contributed by atoms with Crippen molar-refractivity contribution < 1.29 is 10.2 Å². The molecule has 0 saturated heterocycles. The number of aromatic hydroxyl groups is 2. The van der Waals surface area contributed by atoms with Crippen LogP contribution >= 0.6 is 27.5 Å². The molecule has 0 aliphatic heterocycles. The summed E-state index contributed by atoms with van der Waals surface area (Å²) >= 11 is 9.36. The number of benzene rings is 2. The molecule has 3 nitrogen and oxygen atoms in total. The molecule has 2 aromatic carbocycles. The normalized spacial score (nSPS) is 12.2. The van der Waals surface area contributed by atoms with E-state index in [2.05, 4.69) is 21.2 Å². The van der Waals surface area contributed by atoms with Gasteiger partial charge >= 0.3 is 0 Å². The van der Waals surface area contributed by atoms with Crippen molar-refractivity contribution in [2.24, 2.45) is 0 Å². The third-order valence-electron chi connectivity index (χ3n) is 2.78. The second-order valence-corrected chi connectivity index (χ2v) is 5.50. The fraction of sp³-hybridized carbons (Fsp3) is 0.143. The number of hydrogen-bond acceptors (Lipinski definition) is 3. The molecular weight excluding hydrogens is 330 g/mol. The summed E-state index contributed by atoms with van der Waals surface area (Å²) in [7, 11) is 0. The second kappa shape index (κ2) is 5.72. The van der Waals surface area contributed by atoms with Gasteiger partial charge in [-0.25, -0.2) is 0 Å². The lowest BCUT2D eigenvalue weighted by Crippen LogP contribution is -2.06. The zero-order valence-electron chi connectivity index (χ0n) is 10.2. The monoisotopic (exact) mass is 341 g/mol. The predicted molar refractivity (Wildman–Crippen MR) is 81.0 cm³/mol. The van der Waals surface area contributed by atoms with Crippen molar-refractivity contribution in [2.75, 3.05) is 5.32 Å². The number of rotatable bonds is 3. The van der Waals surface area contributed by atoms with Crippen molar-refractivity contribution in [1.29, 1.82) is 0 Å². The van der Waals surface area contributed by atoms with Gasteiger partial charge < -0.3 is 15.5 Å². The minimum atomic E-state index is -0.113. The van der Waals surface area contributed by atoms with E-state index in [1.807, 2.05) is 19.1 Å². The van der Waals surface area contributed by atoms with Crippen molar-refractivity contribution >= 4 is 33.2 Å². The summed E-state index contributed by atoms with van der Waals surface area (Å²) in [4.78, 5) is 0. The van der Waals surface area contributed by atoms with Crippen LogP contribution in [-0.4, -0.2) is 10.2 Å². The molecule has 0 fully saturated rings. The van der Waals surface area contributed by atoms with E-state index >= 15 is 0 Å². The largest absolute Gasteiger partial charge is 0.508 e. The number of halogens is 2. The molecule has 0 aliphatic rings. The molecule has 0 aliphatic carbocycles. The van der Waals surface area contributed by atoms with Crippen LogP contribution in [-0.2, 0) is 0 Å². The molecule has 1 atom stereocenters. The number of nitrogens with one attached hydrogen (secondary N) is 1. The van der Waals surface area contributed by atoms with Gasteiger partial charge in [-0.1, -0.05) is 11.6 Å². The molecule has 0 bridgehead atoms. The van der Waals surface area contributed by atoms with E-state index in [0.29, 0.717) is 10.6 Å². The highest BCUT2D eigenvalue weighted by molar-refractivity contribution is 9.10. The average Bonchev–Trinajstić information content (AvgIpc) is 2.33. The molecule has 0 spiro atoms. The quantitative estimate of drug-likeness (QED) is 0.758. The van der Waals surface area contributed by atoms with Gasteiger partial charge in [-0.05, 0) is 53.2 Å². The first kappa shape index (κ1) is 14.0. The van der Waals surface area contributed by atoms with Crippen molar-refractivity contribution in [3.8, 4) is 11.5 Å². The third kappa shape index (κ3) is 3.33. The van der Waals surface area contributed by atoms with Crippen LogP contribution in [0, 0.1) is 0 Å². The zero-order chi connectivity index (χ0) is 14.0. The van der Waals surface area contributed by atoms with E-state index in [-0.39, 0.29) is 17.5 Å². The molecule has 2 aromatic rings. The molecular formula is C14H13BrClNO2. The van der Waals surface area contributed by atoms with Gasteiger partial charge in [0.1, 0.15) is 11.5 Å². The first-order chi connectivity index (χ1) is 8.97. The summed E-state index contributed by atoms with van der Waals surface area (Å²) in [5.41, 5.74) is 1.56. The molecule has 5 heteroatoms. The molecule has 0 aromatic heterocycles. The summed E-state index contributed by atoms with van der Waals surface area (Å²) in [6.45, 7) is 1.92. The van der Waals surface area contributed by atoms with Crippen molar-refractivity contribution in [3.63, 3.8) is 0 Å². The van der Waals surface area contributed by atoms with Crippen LogP contribution < -0.4 is 5.32 Å². The molecule has 0 saturated carbocycles. The van der Waals surface area contributed by atoms with E-state index in [4.69, 9.17) is 11.6 Å². The fourth-order valence-corrected chi connectivity index (χ4v) is 2.24. The van der Waals surface area contributed by atoms with Gasteiger partial charge in [0.25, 0.3) is 0 Å². The lowest BCUT2D eigenvalue weighted by molar-refractivity contribution is 0.444. The molecule has 3 N–H and O–H groups in total. The van der Waals surface area contributed by atoms with E-state index in [1.165, 1.54) is 6.07 Å². The van der Waals surface area contributed by atoms with Gasteiger partial charge in [0.2, 0.25) is 0 Å². The minimum absolute atomic E-state index is 0.0418. The SMILES string of the molecule is CC(Nc1ccc(Br)c(Cl)c1)c1ccc(O)cc1O. The molecule has 1 unspecified atom stereocenters. The Kier molecular flexibility index (Phi) is 4.22. The van der Waals surface area contributed by atoms with Crippen LogP contribution in [0.2, 0.25) is 5.02 Å². The minimum Gasteiger partial charge on any atom is -0.508 e. The van der Waals surface area contributed by atoms with Crippen LogP contribution in [0.4, 0.5) is 5.69 Å². The Morgan fingerprint density at radius 3 is 2.53 bits per heavy atom. The first-order valence-corrected chi connectivity index (χ1v) is 6.88. The lowest BCUT2D eigenvalue weighted by atomic mass is 10.1. The van der Waals surface area contributed by atoms with Crippen molar-refractivity contribution in [1.82, 2.24) is 0 Å². The highest BCUT2D eigenvalue weighted by Gasteiger charge is 2.11. The smallest absolute Gasteiger partial charge is 0.124 e. The Morgan fingerprint density at radius 1 is 1.16 bits per heavy atom. The van der Waals surface area contributed by atoms with E-state index in [0.717, 1.165) is 10.2 Å². The molecule has 0 amide bonds. The molecule has 2 rings (SSSR count). The summed E-state index contributed by atoms with van der Waals surface area (Å²) in [6, 6.07) is 9.99. The van der Waals surface area contributed by atoms with E-state index < -0.39 is 0 Å². The van der Waals surface area contributed by atoms with Crippen LogP contribution in [0.5, 0.6) is 11.5 Å². The maximum absolute atomic E-state index is 9.80. The van der Waals surface area contributed by atoms with Crippen LogP contribution in [0.1, 0.15) is 18.5 Å². The molecule has 0 radical (unpaired) electrons. The fourth-order valence-electron chi connectivity index (χ4n) is 1.81. The van der Waals surface area contributed by atoms with Gasteiger partial charge in [0.05, 0.1) is 11.1 Å². The number of phenols is 2. The Labute approximate surface area is 125 Å². The lowest BCUT2D eigenvalue weighted by Gasteiger charge is -2.17. The Balaban J connectivity index is 2.20. The van der Waals surface area contributed by atoms with Gasteiger partial charge in [0.15, 0.2) is 0 Å². The maximum Gasteiger partial charge on any atom is 0.124 e. The van der Waals surface area contributed by atoms with Crippen molar-refractivity contribution in [2.45, 2.75) is 13.0 Å². The van der Waals surface area contributed by atoms with Crippen molar-refractivity contribution in [3.05, 3.63) is 51.5 Å². The topological polar surface area (TPSA) is 52.5 Å². The summed E-state index contributed by atoms with van der Waals surface area (Å²) < 4.78 is 0.833. The predicted octanol–water partition coefficient (Wildman–Crippen LogP) is 4.69. The van der Waals surface area contributed by atoms with Crippen LogP contribution in [0.25, 0.3) is 0 Å². The van der Waals surface area contributed by atoms with Gasteiger partial charge in [-0.2, -0.15) is 0 Å². The van der Waals surface area contributed by atoms with E-state index in [1.54, 1.807) is 18.2 Å². The Bertz CT molecular complexity index is 604. The first-order valence-electron chi connectivity index (χ1n) is 5.71. The summed E-state index contributed by atoms with van der Waals surface area (Å²) in [6.07, 6.45) is 0. The van der Waals surface area contributed by atoms with Crippen LogP contribution in [0.3, 0.4) is 0 Å². The number of phenolic OH excluding ortho intramolecular Hbond substituents is 2.